The molecule has 5 nitrogen and oxygen atoms in total. The minimum Gasteiger partial charge on any atom is -0.396 e. The quantitative estimate of drug-likeness (QED) is 0.627. The van der Waals surface area contributed by atoms with Crippen LogP contribution >= 0.6 is 0 Å². The first kappa shape index (κ1) is 16.6. The molecular weight excluding hydrogens is 266 g/mol. The average Bonchev–Trinajstić information content (AvgIpc) is 2.94. The summed E-state index contributed by atoms with van der Waals surface area (Å²) in [5.41, 5.74) is 0. The highest BCUT2D eigenvalue weighted by atomic mass is 16.3. The van der Waals surface area contributed by atoms with Crippen LogP contribution in [0.4, 0.5) is 4.79 Å². The molecule has 0 bridgehead atoms. The van der Waals surface area contributed by atoms with Crippen molar-refractivity contribution in [3.8, 4) is 0 Å². The summed E-state index contributed by atoms with van der Waals surface area (Å²) in [6.07, 6.45) is 10.1. The number of nitrogens with zero attached hydrogens (tertiary/aromatic N) is 1. The van der Waals surface area contributed by atoms with Crippen molar-refractivity contribution >= 4 is 6.03 Å². The number of aliphatic hydroxyl groups is 1. The first-order valence-electron chi connectivity index (χ1n) is 8.66. The van der Waals surface area contributed by atoms with Crippen molar-refractivity contribution in [1.29, 1.82) is 0 Å². The molecule has 1 heterocycles. The molecular formula is C16H31N3O2. The third-order valence-corrected chi connectivity index (χ3v) is 4.84. The maximum absolute atomic E-state index is 11.6. The van der Waals surface area contributed by atoms with Gasteiger partial charge in [-0.25, -0.2) is 4.79 Å². The molecule has 1 aliphatic carbocycles. The second kappa shape index (κ2) is 9.26. The first-order valence-corrected chi connectivity index (χ1v) is 8.66. The summed E-state index contributed by atoms with van der Waals surface area (Å²) in [7, 11) is 0. The van der Waals surface area contributed by atoms with Crippen molar-refractivity contribution < 1.29 is 9.90 Å². The summed E-state index contributed by atoms with van der Waals surface area (Å²) < 4.78 is 0. The summed E-state index contributed by atoms with van der Waals surface area (Å²) in [4.78, 5) is 14.2. The predicted molar refractivity (Wildman–Crippen MR) is 84.3 cm³/mol. The van der Waals surface area contributed by atoms with Gasteiger partial charge in [0.2, 0.25) is 0 Å². The molecule has 1 unspecified atom stereocenters. The van der Waals surface area contributed by atoms with Gasteiger partial charge in [-0.15, -0.1) is 0 Å². The fourth-order valence-corrected chi connectivity index (χ4v) is 3.62. The topological polar surface area (TPSA) is 64.6 Å². The van der Waals surface area contributed by atoms with Gasteiger partial charge in [0.05, 0.1) is 0 Å². The number of likely N-dealkylation sites (tertiary alicyclic amines) is 1. The van der Waals surface area contributed by atoms with Crippen LogP contribution in [0.25, 0.3) is 0 Å². The molecule has 1 saturated carbocycles. The van der Waals surface area contributed by atoms with Crippen molar-refractivity contribution in [1.82, 2.24) is 15.5 Å². The van der Waals surface area contributed by atoms with Crippen LogP contribution < -0.4 is 10.6 Å². The lowest BCUT2D eigenvalue weighted by Crippen LogP contribution is -2.45. The Hall–Kier alpha value is -0.810. The molecule has 1 saturated heterocycles. The van der Waals surface area contributed by atoms with Crippen LogP contribution in [-0.2, 0) is 0 Å². The molecule has 0 spiro atoms. The van der Waals surface area contributed by atoms with E-state index in [1.807, 2.05) is 0 Å². The number of hydrogen-bond donors (Lipinski definition) is 3. The Morgan fingerprint density at radius 3 is 2.67 bits per heavy atom. The SMILES string of the molecule is O=C(NCCCO)NCC1CCCN1CC1CCCCC1. The van der Waals surface area contributed by atoms with E-state index in [0.29, 0.717) is 19.0 Å². The molecule has 0 radical (unpaired) electrons. The first-order chi connectivity index (χ1) is 10.3. The molecule has 2 amide bonds. The van der Waals surface area contributed by atoms with Crippen LogP contribution in [0, 0.1) is 5.92 Å². The number of rotatable bonds is 7. The molecule has 5 heteroatoms. The Kier molecular flexibility index (Phi) is 7.30. The van der Waals surface area contributed by atoms with Crippen molar-refractivity contribution in [3.05, 3.63) is 0 Å². The molecule has 2 fully saturated rings. The van der Waals surface area contributed by atoms with Gasteiger partial charge in [0.1, 0.15) is 0 Å². The highest BCUT2D eigenvalue weighted by Gasteiger charge is 2.27. The number of carbonyl (C=O) groups excluding carboxylic acids is 1. The Bertz CT molecular complexity index is 306. The second-order valence-electron chi connectivity index (χ2n) is 6.51. The normalized spacial score (nSPS) is 24.1. The van der Waals surface area contributed by atoms with Crippen molar-refractivity contribution in [2.45, 2.75) is 57.4 Å². The van der Waals surface area contributed by atoms with Crippen LogP contribution in [0.1, 0.15) is 51.4 Å². The molecule has 1 atom stereocenters. The zero-order valence-corrected chi connectivity index (χ0v) is 13.1. The maximum atomic E-state index is 11.6. The fraction of sp³-hybridized carbons (Fsp3) is 0.938. The van der Waals surface area contributed by atoms with Crippen molar-refractivity contribution in [2.75, 3.05) is 32.8 Å². The van der Waals surface area contributed by atoms with Gasteiger partial charge in [-0.2, -0.15) is 0 Å². The van der Waals surface area contributed by atoms with Crippen molar-refractivity contribution in [2.24, 2.45) is 5.92 Å². The Morgan fingerprint density at radius 2 is 1.90 bits per heavy atom. The third kappa shape index (κ3) is 5.83. The second-order valence-corrected chi connectivity index (χ2v) is 6.51. The standard InChI is InChI=1S/C16H31N3O2/c20-11-5-9-17-16(21)18-12-15-8-4-10-19(15)13-14-6-2-1-3-7-14/h14-15,20H,1-13H2,(H2,17,18,21). The molecule has 2 aliphatic rings. The van der Waals surface area contributed by atoms with E-state index in [-0.39, 0.29) is 12.6 Å². The zero-order valence-electron chi connectivity index (χ0n) is 13.1. The van der Waals surface area contributed by atoms with Gasteiger partial charge in [0.15, 0.2) is 0 Å². The number of hydrogen-bond acceptors (Lipinski definition) is 3. The average molecular weight is 297 g/mol. The third-order valence-electron chi connectivity index (χ3n) is 4.84. The van der Waals surface area contributed by atoms with E-state index in [4.69, 9.17) is 5.11 Å². The fourth-order valence-electron chi connectivity index (χ4n) is 3.62. The predicted octanol–water partition coefficient (Wildman–Crippen LogP) is 1.71. The largest absolute Gasteiger partial charge is 0.396 e. The summed E-state index contributed by atoms with van der Waals surface area (Å²) in [5.74, 6) is 0.873. The molecule has 0 aromatic carbocycles. The van der Waals surface area contributed by atoms with Gasteiger partial charge in [0, 0.05) is 32.3 Å². The van der Waals surface area contributed by atoms with Crippen LogP contribution in [0.3, 0.4) is 0 Å². The lowest BCUT2D eigenvalue weighted by atomic mass is 9.89. The maximum Gasteiger partial charge on any atom is 0.314 e. The van der Waals surface area contributed by atoms with Crippen LogP contribution in [0.5, 0.6) is 0 Å². The highest BCUT2D eigenvalue weighted by Crippen LogP contribution is 2.27. The summed E-state index contributed by atoms with van der Waals surface area (Å²) in [6, 6.07) is 0.406. The van der Waals surface area contributed by atoms with E-state index in [9.17, 15) is 4.79 Å². The monoisotopic (exact) mass is 297 g/mol. The van der Waals surface area contributed by atoms with Gasteiger partial charge < -0.3 is 15.7 Å². The minimum absolute atomic E-state index is 0.104. The molecule has 122 valence electrons. The summed E-state index contributed by atoms with van der Waals surface area (Å²) in [5, 5.41) is 14.4. The molecule has 3 N–H and O–H groups in total. The van der Waals surface area contributed by atoms with E-state index < -0.39 is 0 Å². The number of aliphatic hydroxyl groups excluding tert-OH is 1. The number of amides is 2. The number of carbonyl (C=O) groups is 1. The van der Waals surface area contributed by atoms with Gasteiger partial charge in [-0.3, -0.25) is 4.90 Å². The van der Waals surface area contributed by atoms with E-state index in [0.717, 1.165) is 12.5 Å². The molecule has 2 rings (SSSR count). The molecule has 0 aromatic heterocycles. The van der Waals surface area contributed by atoms with E-state index in [1.165, 1.54) is 58.0 Å². The van der Waals surface area contributed by atoms with Crippen LogP contribution in [0.15, 0.2) is 0 Å². The van der Waals surface area contributed by atoms with E-state index in [1.54, 1.807) is 0 Å². The minimum atomic E-state index is -0.104. The van der Waals surface area contributed by atoms with Gasteiger partial charge in [-0.1, -0.05) is 19.3 Å². The van der Waals surface area contributed by atoms with Crippen LogP contribution in [-0.4, -0.2) is 54.9 Å². The van der Waals surface area contributed by atoms with Crippen LogP contribution in [0.2, 0.25) is 0 Å². The number of nitrogens with one attached hydrogen (secondary N) is 2. The van der Waals surface area contributed by atoms with E-state index in [2.05, 4.69) is 15.5 Å². The lowest BCUT2D eigenvalue weighted by molar-refractivity contribution is 0.183. The smallest absolute Gasteiger partial charge is 0.314 e. The summed E-state index contributed by atoms with van der Waals surface area (Å²) in [6.45, 7) is 3.82. The summed E-state index contributed by atoms with van der Waals surface area (Å²) >= 11 is 0. The Morgan fingerprint density at radius 1 is 1.10 bits per heavy atom. The molecule has 1 aliphatic heterocycles. The molecule has 21 heavy (non-hydrogen) atoms. The Labute approximate surface area is 128 Å². The zero-order chi connectivity index (χ0) is 14.9. The van der Waals surface area contributed by atoms with Gasteiger partial charge in [0.25, 0.3) is 0 Å². The molecule has 0 aromatic rings. The van der Waals surface area contributed by atoms with Crippen molar-refractivity contribution in [3.63, 3.8) is 0 Å². The van der Waals surface area contributed by atoms with Gasteiger partial charge in [-0.05, 0) is 44.6 Å². The van der Waals surface area contributed by atoms with Gasteiger partial charge >= 0.3 is 6.03 Å². The van der Waals surface area contributed by atoms with E-state index >= 15 is 0 Å². The number of urea groups is 1. The highest BCUT2D eigenvalue weighted by molar-refractivity contribution is 5.73. The lowest BCUT2D eigenvalue weighted by Gasteiger charge is -2.31. The Balaban J connectivity index is 1.65.